The van der Waals surface area contributed by atoms with Gasteiger partial charge in [0.1, 0.15) is 0 Å². The van der Waals surface area contributed by atoms with Gasteiger partial charge in [0.2, 0.25) is 0 Å². The van der Waals surface area contributed by atoms with Crippen LogP contribution in [0, 0.1) is 11.3 Å². The van der Waals surface area contributed by atoms with Crippen LogP contribution >= 0.6 is 11.6 Å². The molecule has 108 valence electrons. The normalized spacial score (nSPS) is 23.7. The van der Waals surface area contributed by atoms with Crippen LogP contribution in [0.5, 0.6) is 0 Å². The van der Waals surface area contributed by atoms with E-state index in [1.807, 2.05) is 11.7 Å². The number of halogens is 1. The lowest BCUT2D eigenvalue weighted by Gasteiger charge is -2.35. The molecule has 0 amide bonds. The second-order valence-electron chi connectivity index (χ2n) is 6.42. The third kappa shape index (κ3) is 2.97. The van der Waals surface area contributed by atoms with E-state index in [9.17, 15) is 0 Å². The molecule has 2 atom stereocenters. The van der Waals surface area contributed by atoms with Crippen molar-refractivity contribution in [1.82, 2.24) is 15.1 Å². The van der Waals surface area contributed by atoms with Gasteiger partial charge in [0.15, 0.2) is 0 Å². The third-order valence-electron chi connectivity index (χ3n) is 4.59. The fourth-order valence-electron chi connectivity index (χ4n) is 3.47. The zero-order valence-corrected chi connectivity index (χ0v) is 13.3. The molecule has 1 aromatic heterocycles. The minimum absolute atomic E-state index is 0.317. The van der Waals surface area contributed by atoms with Crippen LogP contribution in [0.3, 0.4) is 0 Å². The number of hydrogen-bond acceptors (Lipinski definition) is 2. The van der Waals surface area contributed by atoms with Crippen molar-refractivity contribution in [2.75, 3.05) is 6.54 Å². The predicted octanol–water partition coefficient (Wildman–Crippen LogP) is 3.94. The van der Waals surface area contributed by atoms with Crippen LogP contribution in [-0.4, -0.2) is 16.3 Å². The molecule has 19 heavy (non-hydrogen) atoms. The van der Waals surface area contributed by atoms with Gasteiger partial charge in [0.05, 0.1) is 23.0 Å². The smallest absolute Gasteiger partial charge is 0.0834 e. The van der Waals surface area contributed by atoms with Gasteiger partial charge >= 0.3 is 0 Å². The largest absolute Gasteiger partial charge is 0.308 e. The maximum atomic E-state index is 6.37. The Morgan fingerprint density at radius 2 is 2.32 bits per heavy atom. The Hall–Kier alpha value is -0.540. The molecule has 0 saturated heterocycles. The quantitative estimate of drug-likeness (QED) is 0.887. The molecule has 1 saturated carbocycles. The summed E-state index contributed by atoms with van der Waals surface area (Å²) in [6.45, 7) is 8.00. The summed E-state index contributed by atoms with van der Waals surface area (Å²) in [6, 6.07) is 0.317. The van der Waals surface area contributed by atoms with Crippen molar-refractivity contribution in [3.8, 4) is 0 Å². The van der Waals surface area contributed by atoms with Crippen molar-refractivity contribution in [3.05, 3.63) is 16.9 Å². The number of hydrogen-bond donors (Lipinski definition) is 1. The lowest BCUT2D eigenvalue weighted by molar-refractivity contribution is 0.192. The second kappa shape index (κ2) is 5.84. The minimum atomic E-state index is 0.317. The average Bonchev–Trinajstić information content (AvgIpc) is 2.86. The molecule has 0 radical (unpaired) electrons. The zero-order valence-electron chi connectivity index (χ0n) is 12.5. The van der Waals surface area contributed by atoms with Crippen molar-refractivity contribution in [3.63, 3.8) is 0 Å². The Morgan fingerprint density at radius 1 is 1.58 bits per heavy atom. The molecule has 1 aliphatic carbocycles. The molecule has 0 aromatic carbocycles. The Bertz CT molecular complexity index is 406. The van der Waals surface area contributed by atoms with Gasteiger partial charge in [-0.05, 0) is 37.1 Å². The summed E-state index contributed by atoms with van der Waals surface area (Å²) in [5, 5.41) is 8.81. The zero-order chi connectivity index (χ0) is 14.0. The Kier molecular flexibility index (Phi) is 4.57. The molecule has 1 aliphatic rings. The highest BCUT2D eigenvalue weighted by Crippen LogP contribution is 2.49. The van der Waals surface area contributed by atoms with Gasteiger partial charge in [-0.25, -0.2) is 0 Å². The Labute approximate surface area is 121 Å². The third-order valence-corrected chi connectivity index (χ3v) is 4.88. The number of nitrogens with zero attached hydrogens (tertiary/aromatic N) is 2. The lowest BCUT2D eigenvalue weighted by Crippen LogP contribution is -2.35. The van der Waals surface area contributed by atoms with Crippen LogP contribution in [0.4, 0.5) is 0 Å². The Morgan fingerprint density at radius 3 is 2.79 bits per heavy atom. The second-order valence-corrected chi connectivity index (χ2v) is 6.83. The van der Waals surface area contributed by atoms with Crippen molar-refractivity contribution in [1.29, 1.82) is 0 Å². The fourth-order valence-corrected chi connectivity index (χ4v) is 3.75. The summed E-state index contributed by atoms with van der Waals surface area (Å²) in [7, 11) is 1.99. The standard InChI is InChI=1S/C15H26ClN3/c1-5-9-17-13(11-7-6-8-15(11,2)3)14-12(16)10-18-19(14)4/h10-11,13,17H,5-9H2,1-4H3. The first kappa shape index (κ1) is 14.9. The van der Waals surface area contributed by atoms with Gasteiger partial charge in [0, 0.05) is 7.05 Å². The van der Waals surface area contributed by atoms with E-state index in [1.165, 1.54) is 19.3 Å². The molecule has 4 heteroatoms. The molecule has 1 heterocycles. The monoisotopic (exact) mass is 283 g/mol. The molecule has 1 fully saturated rings. The first-order valence-electron chi connectivity index (χ1n) is 7.38. The first-order valence-corrected chi connectivity index (χ1v) is 7.76. The summed E-state index contributed by atoms with van der Waals surface area (Å²) in [5.41, 5.74) is 1.52. The fraction of sp³-hybridized carbons (Fsp3) is 0.800. The summed E-state index contributed by atoms with van der Waals surface area (Å²) in [5.74, 6) is 0.631. The number of aromatic nitrogens is 2. The van der Waals surface area contributed by atoms with E-state index in [2.05, 4.69) is 31.2 Å². The average molecular weight is 284 g/mol. The molecule has 0 spiro atoms. The van der Waals surface area contributed by atoms with Crippen LogP contribution in [0.2, 0.25) is 5.02 Å². The number of nitrogens with one attached hydrogen (secondary N) is 1. The van der Waals surface area contributed by atoms with Gasteiger partial charge < -0.3 is 5.32 Å². The van der Waals surface area contributed by atoms with Gasteiger partial charge in [0.25, 0.3) is 0 Å². The van der Waals surface area contributed by atoms with Crippen LogP contribution in [0.25, 0.3) is 0 Å². The molecule has 1 aromatic rings. The summed E-state index contributed by atoms with van der Waals surface area (Å²) in [4.78, 5) is 0. The van der Waals surface area contributed by atoms with Crippen molar-refractivity contribution in [2.45, 2.75) is 52.5 Å². The summed E-state index contributed by atoms with van der Waals surface area (Å²) < 4.78 is 1.93. The maximum absolute atomic E-state index is 6.37. The summed E-state index contributed by atoms with van der Waals surface area (Å²) in [6.07, 6.45) is 6.79. The van der Waals surface area contributed by atoms with Gasteiger partial charge in [-0.2, -0.15) is 5.10 Å². The topological polar surface area (TPSA) is 29.9 Å². The van der Waals surface area contributed by atoms with Crippen molar-refractivity contribution in [2.24, 2.45) is 18.4 Å². The highest BCUT2D eigenvalue weighted by Gasteiger charge is 2.41. The molecular weight excluding hydrogens is 258 g/mol. The molecule has 0 aliphatic heterocycles. The van der Waals surface area contributed by atoms with E-state index in [0.717, 1.165) is 23.7 Å². The van der Waals surface area contributed by atoms with E-state index in [-0.39, 0.29) is 0 Å². The van der Waals surface area contributed by atoms with E-state index in [1.54, 1.807) is 6.20 Å². The minimum Gasteiger partial charge on any atom is -0.308 e. The SMILES string of the molecule is CCCNC(c1c(Cl)cnn1C)C1CCCC1(C)C. The first-order chi connectivity index (χ1) is 8.97. The predicted molar refractivity (Wildman–Crippen MR) is 80.4 cm³/mol. The molecule has 0 bridgehead atoms. The number of aryl methyl sites for hydroxylation is 1. The van der Waals surface area contributed by atoms with Crippen LogP contribution in [0.15, 0.2) is 6.20 Å². The number of rotatable bonds is 5. The van der Waals surface area contributed by atoms with E-state index in [0.29, 0.717) is 17.4 Å². The molecule has 3 nitrogen and oxygen atoms in total. The van der Waals surface area contributed by atoms with Gasteiger partial charge in [-0.3, -0.25) is 4.68 Å². The molecular formula is C15H26ClN3. The molecule has 1 N–H and O–H groups in total. The summed E-state index contributed by atoms with van der Waals surface area (Å²) >= 11 is 6.37. The Balaban J connectivity index is 2.31. The lowest BCUT2D eigenvalue weighted by atomic mass is 9.76. The van der Waals surface area contributed by atoms with Crippen molar-refractivity contribution < 1.29 is 0 Å². The highest BCUT2D eigenvalue weighted by atomic mass is 35.5. The molecule has 2 unspecified atom stereocenters. The molecule has 2 rings (SSSR count). The van der Waals surface area contributed by atoms with E-state index >= 15 is 0 Å². The van der Waals surface area contributed by atoms with E-state index < -0.39 is 0 Å². The van der Waals surface area contributed by atoms with Crippen molar-refractivity contribution >= 4 is 11.6 Å². The highest BCUT2D eigenvalue weighted by molar-refractivity contribution is 6.31. The van der Waals surface area contributed by atoms with Crippen LogP contribution in [0.1, 0.15) is 58.2 Å². The van der Waals surface area contributed by atoms with Crippen LogP contribution < -0.4 is 5.32 Å². The van der Waals surface area contributed by atoms with Crippen LogP contribution in [-0.2, 0) is 7.05 Å². The van der Waals surface area contributed by atoms with Gasteiger partial charge in [-0.15, -0.1) is 0 Å². The van der Waals surface area contributed by atoms with Gasteiger partial charge in [-0.1, -0.05) is 38.8 Å². The van der Waals surface area contributed by atoms with E-state index in [4.69, 9.17) is 11.6 Å². The maximum Gasteiger partial charge on any atom is 0.0834 e.